The minimum absolute atomic E-state index is 1.10. The lowest BCUT2D eigenvalue weighted by Crippen LogP contribution is -1.68. The third-order valence-corrected chi connectivity index (χ3v) is 1.50. The average molecular weight is 189 g/mol. The van der Waals surface area contributed by atoms with Gasteiger partial charge in [-0.05, 0) is 19.8 Å². The topological polar surface area (TPSA) is 0 Å². The Hall–Kier alpha value is -0.0400. The van der Waals surface area contributed by atoms with E-state index in [1.165, 1.54) is 12.8 Å². The van der Waals surface area contributed by atoms with Crippen LogP contribution in [-0.4, -0.2) is 5.33 Å². The summed E-state index contributed by atoms with van der Waals surface area (Å²) >= 11 is 3.37. The summed E-state index contributed by atoms with van der Waals surface area (Å²) in [7, 11) is 0. The number of unbranched alkanes of at least 4 members (excludes halogenated alkanes) is 1. The monoisotopic (exact) mass is 188 g/mol. The lowest BCUT2D eigenvalue weighted by atomic mass is 10.3. The second kappa shape index (κ2) is 7.96. The molecule has 52 valence electrons. The summed E-state index contributed by atoms with van der Waals surface area (Å²) in [6.45, 7) is 2.02. The quantitative estimate of drug-likeness (QED) is 0.361. The van der Waals surface area contributed by atoms with Gasteiger partial charge in [-0.2, -0.15) is 0 Å². The summed E-state index contributed by atoms with van der Waals surface area (Å²) in [6.07, 6.45) is 10.8. The van der Waals surface area contributed by atoms with Gasteiger partial charge in [-0.15, -0.1) is 0 Å². The molecular weight excluding hydrogens is 176 g/mol. The van der Waals surface area contributed by atoms with E-state index in [1.807, 2.05) is 19.1 Å². The number of hydrogen-bond donors (Lipinski definition) is 0. The Labute approximate surface area is 65.8 Å². The first-order valence-electron chi connectivity index (χ1n) is 3.25. The van der Waals surface area contributed by atoms with Crippen molar-refractivity contribution in [3.63, 3.8) is 0 Å². The molecule has 9 heavy (non-hydrogen) atoms. The van der Waals surface area contributed by atoms with Crippen LogP contribution in [0.15, 0.2) is 24.3 Å². The lowest BCUT2D eigenvalue weighted by Gasteiger charge is -1.83. The van der Waals surface area contributed by atoms with E-state index in [9.17, 15) is 0 Å². The molecule has 0 unspecified atom stereocenters. The van der Waals surface area contributed by atoms with Gasteiger partial charge in [0.1, 0.15) is 0 Å². The second-order valence-electron chi connectivity index (χ2n) is 1.79. The largest absolute Gasteiger partial charge is 0.0928 e. The predicted molar refractivity (Wildman–Crippen MR) is 47.0 cm³/mol. The zero-order valence-electron chi connectivity index (χ0n) is 5.81. The summed E-state index contributed by atoms with van der Waals surface area (Å²) in [5.41, 5.74) is 0. The van der Waals surface area contributed by atoms with Crippen LogP contribution >= 0.6 is 15.9 Å². The van der Waals surface area contributed by atoms with Crippen molar-refractivity contribution in [2.75, 3.05) is 5.33 Å². The molecule has 0 saturated heterocycles. The summed E-state index contributed by atoms with van der Waals surface area (Å²) in [4.78, 5) is 0. The molecule has 0 saturated carbocycles. The van der Waals surface area contributed by atoms with Crippen molar-refractivity contribution in [2.45, 2.75) is 19.8 Å². The Morgan fingerprint density at radius 1 is 1.33 bits per heavy atom. The van der Waals surface area contributed by atoms with Crippen LogP contribution < -0.4 is 0 Å². The minimum Gasteiger partial charge on any atom is -0.0928 e. The van der Waals surface area contributed by atoms with Crippen molar-refractivity contribution >= 4 is 15.9 Å². The SMILES string of the molecule is C/C=C/C=C/CCCBr. The summed E-state index contributed by atoms with van der Waals surface area (Å²) in [6, 6.07) is 0. The molecule has 0 aromatic carbocycles. The molecule has 0 aliphatic heterocycles. The van der Waals surface area contributed by atoms with Crippen LogP contribution in [0.3, 0.4) is 0 Å². The Morgan fingerprint density at radius 3 is 2.67 bits per heavy atom. The maximum absolute atomic E-state index is 3.37. The highest BCUT2D eigenvalue weighted by Gasteiger charge is 1.75. The van der Waals surface area contributed by atoms with Gasteiger partial charge in [-0.25, -0.2) is 0 Å². The fourth-order valence-electron chi connectivity index (χ4n) is 0.481. The first kappa shape index (κ1) is 8.96. The van der Waals surface area contributed by atoms with Crippen LogP contribution in [0.1, 0.15) is 19.8 Å². The number of alkyl halides is 1. The van der Waals surface area contributed by atoms with Crippen molar-refractivity contribution in [3.8, 4) is 0 Å². The molecular formula is C8H13Br. The molecule has 0 atom stereocenters. The minimum atomic E-state index is 1.10. The van der Waals surface area contributed by atoms with Gasteiger partial charge in [0, 0.05) is 5.33 Å². The fourth-order valence-corrected chi connectivity index (χ4v) is 0.805. The maximum Gasteiger partial charge on any atom is 0.00342 e. The highest BCUT2D eigenvalue weighted by molar-refractivity contribution is 9.09. The van der Waals surface area contributed by atoms with E-state index in [-0.39, 0.29) is 0 Å². The van der Waals surface area contributed by atoms with Crippen molar-refractivity contribution in [3.05, 3.63) is 24.3 Å². The fraction of sp³-hybridized carbons (Fsp3) is 0.500. The molecule has 0 rings (SSSR count). The molecule has 0 aliphatic carbocycles. The van der Waals surface area contributed by atoms with Crippen LogP contribution in [0.25, 0.3) is 0 Å². The van der Waals surface area contributed by atoms with Gasteiger partial charge in [-0.1, -0.05) is 40.2 Å². The van der Waals surface area contributed by atoms with Gasteiger partial charge in [0.05, 0.1) is 0 Å². The number of halogens is 1. The van der Waals surface area contributed by atoms with Crippen LogP contribution in [0.5, 0.6) is 0 Å². The van der Waals surface area contributed by atoms with E-state index in [2.05, 4.69) is 28.1 Å². The highest BCUT2D eigenvalue weighted by Crippen LogP contribution is 1.94. The van der Waals surface area contributed by atoms with E-state index >= 15 is 0 Å². The third-order valence-electron chi connectivity index (χ3n) is 0.944. The third kappa shape index (κ3) is 7.96. The Bertz CT molecular complexity index is 92.7. The number of allylic oxidation sites excluding steroid dienone is 4. The summed E-state index contributed by atoms with van der Waals surface area (Å²) in [5, 5.41) is 1.10. The summed E-state index contributed by atoms with van der Waals surface area (Å²) < 4.78 is 0. The van der Waals surface area contributed by atoms with Gasteiger partial charge in [-0.3, -0.25) is 0 Å². The molecule has 0 N–H and O–H groups in total. The lowest BCUT2D eigenvalue weighted by molar-refractivity contribution is 0.979. The number of rotatable bonds is 4. The first-order valence-corrected chi connectivity index (χ1v) is 4.37. The Kier molecular flexibility index (Phi) is 7.92. The average Bonchev–Trinajstić information content (AvgIpc) is 1.89. The molecule has 0 spiro atoms. The Morgan fingerprint density at radius 2 is 2.11 bits per heavy atom. The smallest absolute Gasteiger partial charge is 0.00342 e. The van der Waals surface area contributed by atoms with Crippen molar-refractivity contribution < 1.29 is 0 Å². The molecule has 0 amide bonds. The van der Waals surface area contributed by atoms with E-state index in [0.29, 0.717) is 0 Å². The van der Waals surface area contributed by atoms with Crippen LogP contribution in [0.4, 0.5) is 0 Å². The highest BCUT2D eigenvalue weighted by atomic mass is 79.9. The van der Waals surface area contributed by atoms with E-state index in [0.717, 1.165) is 5.33 Å². The van der Waals surface area contributed by atoms with Gasteiger partial charge in [0.2, 0.25) is 0 Å². The molecule has 0 aromatic rings. The maximum atomic E-state index is 3.37. The van der Waals surface area contributed by atoms with Gasteiger partial charge < -0.3 is 0 Å². The molecule has 0 nitrogen and oxygen atoms in total. The van der Waals surface area contributed by atoms with Crippen LogP contribution in [0, 0.1) is 0 Å². The van der Waals surface area contributed by atoms with Crippen LogP contribution in [-0.2, 0) is 0 Å². The van der Waals surface area contributed by atoms with Gasteiger partial charge >= 0.3 is 0 Å². The van der Waals surface area contributed by atoms with E-state index in [4.69, 9.17) is 0 Å². The molecule has 1 heteroatoms. The standard InChI is InChI=1S/C8H13Br/c1-2-3-4-5-6-7-8-9/h2-5H,6-8H2,1H3/b3-2+,5-4+. The molecule has 0 fully saturated rings. The zero-order chi connectivity index (χ0) is 6.95. The van der Waals surface area contributed by atoms with E-state index < -0.39 is 0 Å². The zero-order valence-corrected chi connectivity index (χ0v) is 7.39. The normalized spacial score (nSPS) is 11.8. The predicted octanol–water partition coefficient (Wildman–Crippen LogP) is 3.29. The van der Waals surface area contributed by atoms with Crippen molar-refractivity contribution in [1.29, 1.82) is 0 Å². The molecule has 0 aliphatic rings. The van der Waals surface area contributed by atoms with Gasteiger partial charge in [0.25, 0.3) is 0 Å². The number of hydrogen-bond acceptors (Lipinski definition) is 0. The van der Waals surface area contributed by atoms with Gasteiger partial charge in [0.15, 0.2) is 0 Å². The second-order valence-corrected chi connectivity index (χ2v) is 2.58. The molecule has 0 radical (unpaired) electrons. The summed E-state index contributed by atoms with van der Waals surface area (Å²) in [5.74, 6) is 0. The Balaban J connectivity index is 3.04. The first-order chi connectivity index (χ1) is 4.41. The van der Waals surface area contributed by atoms with E-state index in [1.54, 1.807) is 0 Å². The molecule has 0 heterocycles. The van der Waals surface area contributed by atoms with Crippen LogP contribution in [0.2, 0.25) is 0 Å². The molecule has 0 aromatic heterocycles. The van der Waals surface area contributed by atoms with Crippen molar-refractivity contribution in [1.82, 2.24) is 0 Å². The molecule has 0 bridgehead atoms. The van der Waals surface area contributed by atoms with Crippen molar-refractivity contribution in [2.24, 2.45) is 0 Å².